The summed E-state index contributed by atoms with van der Waals surface area (Å²) in [7, 11) is 0. The van der Waals surface area contributed by atoms with Crippen molar-refractivity contribution in [2.75, 3.05) is 13.1 Å². The minimum Gasteiger partial charge on any atom is -0.338 e. The Kier molecular flexibility index (Phi) is 10.9. The molecule has 8 heteroatoms. The first kappa shape index (κ1) is 28.9. The third-order valence-corrected chi connectivity index (χ3v) is 5.77. The molecule has 0 N–H and O–H groups in total. The van der Waals surface area contributed by atoms with Crippen molar-refractivity contribution in [1.29, 1.82) is 5.26 Å². The molecule has 1 unspecified atom stereocenters. The highest BCUT2D eigenvalue weighted by molar-refractivity contribution is 6.31. The van der Waals surface area contributed by atoms with Gasteiger partial charge in [-0.05, 0) is 67.1 Å². The molecule has 36 heavy (non-hydrogen) atoms. The summed E-state index contributed by atoms with van der Waals surface area (Å²) in [5, 5.41) is 9.00. The molecule has 0 saturated carbocycles. The smallest absolute Gasteiger partial charge is 0.254 e. The zero-order valence-corrected chi connectivity index (χ0v) is 21.1. The molecule has 4 rings (SSSR count). The number of likely N-dealkylation sites (tertiary alicyclic amines) is 1. The molecule has 0 bridgehead atoms. The fraction of sp³-hybridized carbons (Fsp3) is 0.286. The SMILES string of the molecule is CC1CCN(C(=O)c2cc(F)cc(F)c2)C1.CCc1ccc(F)cc1F.Cc1ccc(C#N)c(Cl)c1. The molecule has 0 aliphatic carbocycles. The first-order valence-electron chi connectivity index (χ1n) is 11.4. The van der Waals surface area contributed by atoms with Crippen LogP contribution in [0, 0.1) is 47.4 Å². The summed E-state index contributed by atoms with van der Waals surface area (Å²) in [6.45, 7) is 7.15. The van der Waals surface area contributed by atoms with Crippen LogP contribution in [0.4, 0.5) is 17.6 Å². The Balaban J connectivity index is 0.000000200. The summed E-state index contributed by atoms with van der Waals surface area (Å²) in [6, 6.07) is 13.9. The van der Waals surface area contributed by atoms with E-state index < -0.39 is 23.3 Å². The minimum atomic E-state index is -0.712. The van der Waals surface area contributed by atoms with E-state index in [4.69, 9.17) is 16.9 Å². The number of carbonyl (C=O) groups is 1. The molecule has 1 atom stereocenters. The Morgan fingerprint density at radius 3 is 2.19 bits per heavy atom. The van der Waals surface area contributed by atoms with Crippen molar-refractivity contribution in [1.82, 2.24) is 4.90 Å². The van der Waals surface area contributed by atoms with Crippen molar-refractivity contribution in [2.24, 2.45) is 5.92 Å². The summed E-state index contributed by atoms with van der Waals surface area (Å²) in [6.07, 6.45) is 1.55. The number of nitrogens with zero attached hydrogens (tertiary/aromatic N) is 2. The highest BCUT2D eigenvalue weighted by atomic mass is 35.5. The molecule has 0 radical (unpaired) electrons. The molecule has 1 fully saturated rings. The van der Waals surface area contributed by atoms with Crippen LogP contribution >= 0.6 is 11.6 Å². The van der Waals surface area contributed by atoms with Crippen molar-refractivity contribution < 1.29 is 22.4 Å². The molecular formula is C28H27ClF4N2O. The van der Waals surface area contributed by atoms with Crippen LogP contribution in [-0.4, -0.2) is 23.9 Å². The lowest BCUT2D eigenvalue weighted by Gasteiger charge is -2.15. The van der Waals surface area contributed by atoms with Crippen molar-refractivity contribution in [3.63, 3.8) is 0 Å². The summed E-state index contributed by atoms with van der Waals surface area (Å²) >= 11 is 5.71. The van der Waals surface area contributed by atoms with Gasteiger partial charge in [0.1, 0.15) is 29.3 Å². The maximum atomic E-state index is 12.9. The van der Waals surface area contributed by atoms with Crippen LogP contribution in [-0.2, 0) is 6.42 Å². The Hall–Kier alpha value is -3.37. The number of benzene rings is 3. The van der Waals surface area contributed by atoms with Crippen LogP contribution in [0.3, 0.4) is 0 Å². The van der Waals surface area contributed by atoms with Gasteiger partial charge in [0, 0.05) is 30.8 Å². The molecule has 0 spiro atoms. The highest BCUT2D eigenvalue weighted by Gasteiger charge is 2.24. The number of halogens is 5. The van der Waals surface area contributed by atoms with E-state index in [9.17, 15) is 22.4 Å². The number of nitriles is 1. The van der Waals surface area contributed by atoms with Gasteiger partial charge < -0.3 is 4.90 Å². The zero-order valence-electron chi connectivity index (χ0n) is 20.3. The van der Waals surface area contributed by atoms with Gasteiger partial charge in [0.25, 0.3) is 5.91 Å². The molecule has 0 aromatic heterocycles. The summed E-state index contributed by atoms with van der Waals surface area (Å²) in [5.74, 6) is -2.23. The second kappa shape index (κ2) is 13.6. The van der Waals surface area contributed by atoms with Crippen LogP contribution in [0.5, 0.6) is 0 Å². The summed E-state index contributed by atoms with van der Waals surface area (Å²) in [5.41, 5.74) is 2.25. The number of aryl methyl sites for hydroxylation is 2. The predicted octanol–water partition coefficient (Wildman–Crippen LogP) is 7.49. The van der Waals surface area contributed by atoms with Gasteiger partial charge in [-0.25, -0.2) is 17.6 Å². The van der Waals surface area contributed by atoms with Gasteiger partial charge in [0.15, 0.2) is 0 Å². The molecule has 3 aromatic carbocycles. The molecule has 1 aliphatic heterocycles. The normalized spacial score (nSPS) is 14.2. The number of hydrogen-bond acceptors (Lipinski definition) is 2. The summed E-state index contributed by atoms with van der Waals surface area (Å²) in [4.78, 5) is 13.5. The molecule has 1 amide bonds. The van der Waals surface area contributed by atoms with Gasteiger partial charge in [0.05, 0.1) is 10.6 Å². The van der Waals surface area contributed by atoms with Crippen molar-refractivity contribution in [3.8, 4) is 6.07 Å². The van der Waals surface area contributed by atoms with Crippen LogP contribution < -0.4 is 0 Å². The van der Waals surface area contributed by atoms with E-state index in [-0.39, 0.29) is 11.5 Å². The zero-order chi connectivity index (χ0) is 26.8. The maximum absolute atomic E-state index is 12.9. The van der Waals surface area contributed by atoms with Gasteiger partial charge in [-0.2, -0.15) is 5.26 Å². The van der Waals surface area contributed by atoms with E-state index in [0.717, 1.165) is 36.2 Å². The molecule has 190 valence electrons. The molecule has 1 heterocycles. The standard InChI is InChI=1S/C12H13F2NO.C8H6ClN.C8H8F2/c1-8-2-3-15(7-8)12(16)9-4-10(13)6-11(14)5-9;1-6-2-3-7(5-10)8(9)4-6;1-2-6-3-4-7(9)5-8(6)10/h4-6,8H,2-3,7H2,1H3;2-4H,1H3;3-5H,2H2,1H3. The molecule has 3 nitrogen and oxygen atoms in total. The molecular weight excluding hydrogens is 492 g/mol. The lowest BCUT2D eigenvalue weighted by atomic mass is 10.1. The Morgan fingerprint density at radius 2 is 1.69 bits per heavy atom. The topological polar surface area (TPSA) is 44.1 Å². The number of hydrogen-bond donors (Lipinski definition) is 0. The van der Waals surface area contributed by atoms with Crippen molar-refractivity contribution >= 4 is 17.5 Å². The van der Waals surface area contributed by atoms with Crippen LogP contribution in [0.25, 0.3) is 0 Å². The quantitative estimate of drug-likeness (QED) is 0.330. The average molecular weight is 519 g/mol. The second-order valence-electron chi connectivity index (χ2n) is 8.49. The van der Waals surface area contributed by atoms with E-state index in [2.05, 4.69) is 6.92 Å². The highest BCUT2D eigenvalue weighted by Crippen LogP contribution is 2.19. The van der Waals surface area contributed by atoms with E-state index >= 15 is 0 Å². The maximum Gasteiger partial charge on any atom is 0.254 e. The third kappa shape index (κ3) is 8.69. The minimum absolute atomic E-state index is 0.0894. The average Bonchev–Trinajstić information content (AvgIpc) is 3.25. The first-order valence-corrected chi connectivity index (χ1v) is 11.8. The fourth-order valence-electron chi connectivity index (χ4n) is 3.50. The van der Waals surface area contributed by atoms with E-state index in [1.54, 1.807) is 17.0 Å². The Labute approximate surface area is 213 Å². The lowest BCUT2D eigenvalue weighted by Crippen LogP contribution is -2.28. The van der Waals surface area contributed by atoms with E-state index in [0.29, 0.717) is 41.6 Å². The number of rotatable bonds is 2. The Morgan fingerprint density at radius 1 is 1.03 bits per heavy atom. The number of amides is 1. The number of carbonyl (C=O) groups excluding carboxylic acids is 1. The van der Waals surface area contributed by atoms with Crippen LogP contribution in [0.1, 0.15) is 47.3 Å². The van der Waals surface area contributed by atoms with Gasteiger partial charge in [0.2, 0.25) is 0 Å². The van der Waals surface area contributed by atoms with Crippen LogP contribution in [0.15, 0.2) is 54.6 Å². The molecule has 1 saturated heterocycles. The summed E-state index contributed by atoms with van der Waals surface area (Å²) < 4.78 is 50.7. The van der Waals surface area contributed by atoms with E-state index in [1.165, 1.54) is 12.1 Å². The van der Waals surface area contributed by atoms with Gasteiger partial charge in [-0.1, -0.05) is 37.6 Å². The second-order valence-corrected chi connectivity index (χ2v) is 8.89. The Bertz CT molecular complexity index is 1220. The molecule has 1 aliphatic rings. The van der Waals surface area contributed by atoms with Gasteiger partial charge >= 0.3 is 0 Å². The molecule has 3 aromatic rings. The lowest BCUT2D eigenvalue weighted by molar-refractivity contribution is 0.0787. The van der Waals surface area contributed by atoms with Crippen LogP contribution in [0.2, 0.25) is 5.02 Å². The van der Waals surface area contributed by atoms with E-state index in [1.807, 2.05) is 26.0 Å². The fourth-order valence-corrected chi connectivity index (χ4v) is 3.78. The monoisotopic (exact) mass is 518 g/mol. The van der Waals surface area contributed by atoms with Crippen molar-refractivity contribution in [2.45, 2.75) is 33.6 Å². The predicted molar refractivity (Wildman–Crippen MR) is 133 cm³/mol. The van der Waals surface area contributed by atoms with Gasteiger partial charge in [-0.15, -0.1) is 0 Å². The third-order valence-electron chi connectivity index (χ3n) is 5.46. The van der Waals surface area contributed by atoms with Crippen molar-refractivity contribution in [3.05, 3.63) is 105 Å². The first-order chi connectivity index (χ1) is 17.0. The largest absolute Gasteiger partial charge is 0.338 e. The van der Waals surface area contributed by atoms with Gasteiger partial charge in [-0.3, -0.25) is 4.79 Å².